The van der Waals surface area contributed by atoms with Gasteiger partial charge in [-0.25, -0.2) is 4.79 Å². The van der Waals surface area contributed by atoms with Crippen LogP contribution in [-0.2, 0) is 11.3 Å². The predicted molar refractivity (Wildman–Crippen MR) is 125 cm³/mol. The maximum absolute atomic E-state index is 12.5. The number of carbonyl (C=O) groups excluding carboxylic acids is 1. The molecule has 0 atom stereocenters. The number of phenolic OH excluding ortho intramolecular Hbond substituents is 1. The molecule has 0 amide bonds. The normalized spacial score (nSPS) is 11.0. The zero-order valence-corrected chi connectivity index (χ0v) is 17.5. The number of hydrogen-bond acceptors (Lipinski definition) is 4. The van der Waals surface area contributed by atoms with Crippen LogP contribution in [0.4, 0.5) is 0 Å². The molecule has 0 bridgehead atoms. The second kappa shape index (κ2) is 8.12. The Kier molecular flexibility index (Phi) is 5.00. The van der Waals surface area contributed by atoms with Gasteiger partial charge >= 0.3 is 5.97 Å². The van der Waals surface area contributed by atoms with Crippen molar-refractivity contribution in [1.82, 2.24) is 4.57 Å². The molecule has 0 aliphatic carbocycles. The van der Waals surface area contributed by atoms with Crippen LogP contribution in [0.15, 0.2) is 91.0 Å². The van der Waals surface area contributed by atoms with Gasteiger partial charge in [-0.3, -0.25) is 0 Å². The summed E-state index contributed by atoms with van der Waals surface area (Å²) in [6.45, 7) is 0.497. The molecule has 1 heterocycles. The first-order valence-corrected chi connectivity index (χ1v) is 10.3. The molecule has 5 nitrogen and oxygen atoms in total. The van der Waals surface area contributed by atoms with E-state index in [1.807, 2.05) is 72.8 Å². The summed E-state index contributed by atoms with van der Waals surface area (Å²) in [5.41, 5.74) is 3.05. The van der Waals surface area contributed by atoms with Crippen LogP contribution in [0.1, 0.15) is 15.9 Å². The van der Waals surface area contributed by atoms with Gasteiger partial charge in [0.2, 0.25) is 0 Å². The van der Waals surface area contributed by atoms with Gasteiger partial charge < -0.3 is 19.1 Å². The van der Waals surface area contributed by atoms with Crippen molar-refractivity contribution in [2.45, 2.75) is 6.54 Å². The van der Waals surface area contributed by atoms with Crippen molar-refractivity contribution < 1.29 is 19.4 Å². The summed E-state index contributed by atoms with van der Waals surface area (Å²) in [6, 6.07) is 28.4. The van der Waals surface area contributed by atoms with Crippen molar-refractivity contribution in [2.75, 3.05) is 7.11 Å². The van der Waals surface area contributed by atoms with Crippen molar-refractivity contribution in [1.29, 1.82) is 0 Å². The van der Waals surface area contributed by atoms with Crippen LogP contribution in [-0.4, -0.2) is 22.8 Å². The molecule has 0 saturated heterocycles. The summed E-state index contributed by atoms with van der Waals surface area (Å²) >= 11 is 0. The Morgan fingerprint density at radius 2 is 1.50 bits per heavy atom. The molecule has 4 aromatic carbocycles. The van der Waals surface area contributed by atoms with E-state index in [0.29, 0.717) is 22.9 Å². The first-order chi connectivity index (χ1) is 15.7. The number of ether oxygens (including phenoxy) is 2. The van der Waals surface area contributed by atoms with Crippen LogP contribution in [0.5, 0.6) is 17.2 Å². The minimum Gasteiger partial charge on any atom is -0.507 e. The molecule has 0 radical (unpaired) electrons. The lowest BCUT2D eigenvalue weighted by Crippen LogP contribution is -2.03. The molecular weight excluding hydrogens is 402 g/mol. The molecule has 0 aliphatic heterocycles. The fourth-order valence-corrected chi connectivity index (χ4v) is 4.14. The molecule has 32 heavy (non-hydrogen) atoms. The van der Waals surface area contributed by atoms with Crippen molar-refractivity contribution in [3.63, 3.8) is 0 Å². The van der Waals surface area contributed by atoms with Gasteiger partial charge in [0.05, 0.1) is 35.6 Å². The molecule has 1 N–H and O–H groups in total. The lowest BCUT2D eigenvalue weighted by molar-refractivity contribution is 0.0603. The number of fused-ring (bicyclic) bond motifs is 3. The van der Waals surface area contributed by atoms with E-state index in [9.17, 15) is 9.90 Å². The van der Waals surface area contributed by atoms with E-state index in [4.69, 9.17) is 9.47 Å². The van der Waals surface area contributed by atoms with Gasteiger partial charge in [0.25, 0.3) is 0 Å². The third-order valence-corrected chi connectivity index (χ3v) is 5.57. The monoisotopic (exact) mass is 423 g/mol. The van der Waals surface area contributed by atoms with Crippen LogP contribution in [0.25, 0.3) is 21.8 Å². The quantitative estimate of drug-likeness (QED) is 0.346. The first-order valence-electron chi connectivity index (χ1n) is 10.3. The summed E-state index contributed by atoms with van der Waals surface area (Å²) in [5, 5.41) is 12.0. The van der Waals surface area contributed by atoms with Gasteiger partial charge in [0, 0.05) is 10.9 Å². The van der Waals surface area contributed by atoms with Crippen molar-refractivity contribution in [2.24, 2.45) is 0 Å². The number of methoxy groups -OCH3 is 1. The highest BCUT2D eigenvalue weighted by Gasteiger charge is 2.21. The van der Waals surface area contributed by atoms with Crippen LogP contribution in [0.2, 0.25) is 0 Å². The van der Waals surface area contributed by atoms with Gasteiger partial charge in [0.15, 0.2) is 0 Å². The number of rotatable bonds is 5. The molecule has 5 rings (SSSR count). The number of hydrogen-bond donors (Lipinski definition) is 1. The minimum atomic E-state index is -0.439. The Morgan fingerprint density at radius 1 is 0.812 bits per heavy atom. The van der Waals surface area contributed by atoms with E-state index in [-0.39, 0.29) is 5.75 Å². The number of esters is 1. The maximum Gasteiger partial charge on any atom is 0.338 e. The highest BCUT2D eigenvalue weighted by molar-refractivity contribution is 6.19. The number of para-hydroxylation sites is 2. The van der Waals surface area contributed by atoms with E-state index < -0.39 is 5.97 Å². The smallest absolute Gasteiger partial charge is 0.338 e. The van der Waals surface area contributed by atoms with Gasteiger partial charge in [-0.1, -0.05) is 48.5 Å². The number of phenols is 1. The summed E-state index contributed by atoms with van der Waals surface area (Å²) in [5.74, 6) is 1.19. The number of aromatic nitrogens is 1. The molecule has 158 valence electrons. The van der Waals surface area contributed by atoms with Gasteiger partial charge in [-0.05, 0) is 42.5 Å². The van der Waals surface area contributed by atoms with Crippen molar-refractivity contribution in [3.8, 4) is 17.2 Å². The van der Waals surface area contributed by atoms with Gasteiger partial charge in [0.1, 0.15) is 17.2 Å². The summed E-state index contributed by atoms with van der Waals surface area (Å²) in [7, 11) is 1.36. The second-order valence-electron chi connectivity index (χ2n) is 7.47. The second-order valence-corrected chi connectivity index (χ2v) is 7.47. The third-order valence-electron chi connectivity index (χ3n) is 5.57. The van der Waals surface area contributed by atoms with E-state index in [1.165, 1.54) is 7.11 Å². The Bertz CT molecular complexity index is 1440. The van der Waals surface area contributed by atoms with Crippen LogP contribution in [0.3, 0.4) is 0 Å². The zero-order chi connectivity index (χ0) is 22.1. The fourth-order valence-electron chi connectivity index (χ4n) is 4.14. The SMILES string of the molecule is COC(=O)c1cccc2c1c1c(O)cccc1n2Cc1ccccc1Oc1ccccc1. The Labute approximate surface area is 185 Å². The zero-order valence-electron chi connectivity index (χ0n) is 17.5. The number of nitrogens with zero attached hydrogens (tertiary/aromatic N) is 1. The molecule has 1 aromatic heterocycles. The molecule has 0 aliphatic rings. The fraction of sp³-hybridized carbons (Fsp3) is 0.0741. The molecule has 5 aromatic rings. The first kappa shape index (κ1) is 19.7. The van der Waals surface area contributed by atoms with Crippen molar-refractivity contribution >= 4 is 27.8 Å². The van der Waals surface area contributed by atoms with E-state index >= 15 is 0 Å². The number of aromatic hydroxyl groups is 1. The lowest BCUT2D eigenvalue weighted by atomic mass is 10.1. The summed E-state index contributed by atoms with van der Waals surface area (Å²) in [6.07, 6.45) is 0. The summed E-state index contributed by atoms with van der Waals surface area (Å²) in [4.78, 5) is 12.5. The number of carbonyl (C=O) groups is 1. The highest BCUT2D eigenvalue weighted by Crippen LogP contribution is 2.38. The average Bonchev–Trinajstić information content (AvgIpc) is 3.15. The highest BCUT2D eigenvalue weighted by atomic mass is 16.5. The Hall–Kier alpha value is -4.25. The molecule has 0 saturated carbocycles. The van der Waals surface area contributed by atoms with Gasteiger partial charge in [-0.15, -0.1) is 0 Å². The molecular formula is C27H21NO4. The van der Waals surface area contributed by atoms with Gasteiger partial charge in [-0.2, -0.15) is 0 Å². The molecule has 0 fully saturated rings. The molecule has 0 spiro atoms. The van der Waals surface area contributed by atoms with Crippen LogP contribution >= 0.6 is 0 Å². The van der Waals surface area contributed by atoms with E-state index in [2.05, 4.69) is 4.57 Å². The van der Waals surface area contributed by atoms with E-state index in [1.54, 1.807) is 18.2 Å². The standard InChI is InChI=1S/C27H21NO4/c1-31-27(30)20-12-7-13-21-25(20)26-22(14-8-15-23(26)29)28(21)17-18-9-5-6-16-24(18)32-19-10-3-2-4-11-19/h2-16,29H,17H2,1H3. The third kappa shape index (κ3) is 3.34. The Balaban J connectivity index is 1.69. The number of benzene rings is 4. The average molecular weight is 423 g/mol. The molecule has 5 heteroatoms. The lowest BCUT2D eigenvalue weighted by Gasteiger charge is -2.13. The Morgan fingerprint density at radius 3 is 2.28 bits per heavy atom. The topological polar surface area (TPSA) is 60.7 Å². The van der Waals surface area contributed by atoms with Crippen LogP contribution < -0.4 is 4.74 Å². The largest absolute Gasteiger partial charge is 0.507 e. The summed E-state index contributed by atoms with van der Waals surface area (Å²) < 4.78 is 13.2. The van der Waals surface area contributed by atoms with Crippen molar-refractivity contribution in [3.05, 3.63) is 102 Å². The van der Waals surface area contributed by atoms with E-state index in [0.717, 1.165) is 28.1 Å². The minimum absolute atomic E-state index is 0.122. The van der Waals surface area contributed by atoms with Crippen LogP contribution in [0, 0.1) is 0 Å². The maximum atomic E-state index is 12.5. The predicted octanol–water partition coefficient (Wildman–Crippen LogP) is 6.13. The molecule has 0 unspecified atom stereocenters.